The molecule has 2 amide bonds. The first-order valence-corrected chi connectivity index (χ1v) is 11.7. The molecule has 0 aliphatic carbocycles. The van der Waals surface area contributed by atoms with E-state index in [1.54, 1.807) is 0 Å². The second-order valence-corrected chi connectivity index (χ2v) is 10.4. The molecule has 2 aliphatic heterocycles. The molecule has 6 nitrogen and oxygen atoms in total. The Balaban J connectivity index is 1.48. The molecule has 0 saturated carbocycles. The van der Waals surface area contributed by atoms with Crippen molar-refractivity contribution in [3.05, 3.63) is 40.8 Å². The minimum Gasteiger partial charge on any atom is -0.352 e. The molecule has 1 aromatic carbocycles. The van der Waals surface area contributed by atoms with Crippen LogP contribution in [0.3, 0.4) is 0 Å². The molecule has 144 valence electrons. The quantitative estimate of drug-likeness (QED) is 0.555. The molecular formula is C18H20N2O4S3. The van der Waals surface area contributed by atoms with Gasteiger partial charge in [0.05, 0.1) is 16.4 Å². The second-order valence-electron chi connectivity index (χ2n) is 6.52. The van der Waals surface area contributed by atoms with Gasteiger partial charge in [0.1, 0.15) is 4.32 Å². The smallest absolute Gasteiger partial charge is 0.266 e. The van der Waals surface area contributed by atoms with Crippen molar-refractivity contribution in [1.82, 2.24) is 10.2 Å². The van der Waals surface area contributed by atoms with Crippen molar-refractivity contribution in [2.45, 2.75) is 25.3 Å². The number of amides is 2. The summed E-state index contributed by atoms with van der Waals surface area (Å²) >= 11 is 6.55. The maximum absolute atomic E-state index is 12.5. The number of nitrogens with one attached hydrogen (secondary N) is 1. The summed E-state index contributed by atoms with van der Waals surface area (Å²) in [6.07, 6.45) is 2.97. The van der Waals surface area contributed by atoms with E-state index in [4.69, 9.17) is 12.2 Å². The van der Waals surface area contributed by atoms with Crippen LogP contribution >= 0.6 is 24.0 Å². The Morgan fingerprint density at radius 1 is 1.33 bits per heavy atom. The van der Waals surface area contributed by atoms with Crippen LogP contribution in [0, 0.1) is 0 Å². The lowest BCUT2D eigenvalue weighted by Crippen LogP contribution is -2.36. The van der Waals surface area contributed by atoms with Crippen LogP contribution in [0.4, 0.5) is 0 Å². The van der Waals surface area contributed by atoms with Gasteiger partial charge in [0.2, 0.25) is 5.91 Å². The third kappa shape index (κ3) is 5.40. The monoisotopic (exact) mass is 424 g/mol. The van der Waals surface area contributed by atoms with E-state index >= 15 is 0 Å². The van der Waals surface area contributed by atoms with Crippen molar-refractivity contribution in [3.8, 4) is 0 Å². The van der Waals surface area contributed by atoms with Crippen LogP contribution in [0.1, 0.15) is 24.8 Å². The third-order valence-corrected chi connectivity index (χ3v) is 7.50. The standard InChI is InChI=1S/C18H20N2O4S3/c21-16(19-14-8-10-27(23,24)12-14)7-4-9-20-17(22)15(26-18(20)25)11-13-5-2-1-3-6-13/h1-3,5-6,11,14H,4,7-10,12H2,(H,19,21). The molecule has 1 aromatic rings. The number of hydrogen-bond acceptors (Lipinski definition) is 6. The number of carbonyl (C=O) groups excluding carboxylic acids is 2. The van der Waals surface area contributed by atoms with Gasteiger partial charge in [-0.3, -0.25) is 14.5 Å². The first kappa shape index (κ1) is 20.0. The van der Waals surface area contributed by atoms with Crippen LogP contribution in [-0.4, -0.2) is 53.5 Å². The minimum absolute atomic E-state index is 0.0116. The first-order valence-electron chi connectivity index (χ1n) is 8.64. The zero-order chi connectivity index (χ0) is 19.4. The maximum atomic E-state index is 12.5. The average Bonchev–Trinajstić information content (AvgIpc) is 3.08. The summed E-state index contributed by atoms with van der Waals surface area (Å²) in [5, 5.41) is 2.75. The topological polar surface area (TPSA) is 83.6 Å². The molecule has 0 bridgehead atoms. The maximum Gasteiger partial charge on any atom is 0.266 e. The number of carbonyl (C=O) groups is 2. The fourth-order valence-corrected chi connectivity index (χ4v) is 5.98. The lowest BCUT2D eigenvalue weighted by atomic mass is 10.2. The Bertz CT molecular complexity index is 881. The molecule has 9 heteroatoms. The predicted molar refractivity (Wildman–Crippen MR) is 111 cm³/mol. The van der Waals surface area contributed by atoms with E-state index < -0.39 is 9.84 Å². The Labute approximate surface area is 168 Å². The number of benzene rings is 1. The number of thioether (sulfide) groups is 1. The Hall–Kier alpha value is -1.71. The number of thiocarbonyl (C=S) groups is 1. The van der Waals surface area contributed by atoms with E-state index in [1.807, 2.05) is 36.4 Å². The largest absolute Gasteiger partial charge is 0.352 e. The summed E-state index contributed by atoms with van der Waals surface area (Å²) in [6.45, 7) is 0.368. The van der Waals surface area contributed by atoms with E-state index in [0.29, 0.717) is 28.6 Å². The molecule has 27 heavy (non-hydrogen) atoms. The fraction of sp³-hybridized carbons (Fsp3) is 0.389. The van der Waals surface area contributed by atoms with E-state index in [1.165, 1.54) is 16.7 Å². The highest BCUT2D eigenvalue weighted by atomic mass is 32.2. The third-order valence-electron chi connectivity index (χ3n) is 4.35. The molecule has 2 saturated heterocycles. The van der Waals surface area contributed by atoms with Gasteiger partial charge in [-0.2, -0.15) is 0 Å². The molecule has 2 fully saturated rings. The van der Waals surface area contributed by atoms with Gasteiger partial charge in [-0.15, -0.1) is 0 Å². The normalized spacial score (nSPS) is 23.2. The van der Waals surface area contributed by atoms with Crippen LogP contribution < -0.4 is 5.32 Å². The zero-order valence-electron chi connectivity index (χ0n) is 14.6. The van der Waals surface area contributed by atoms with Crippen molar-refractivity contribution in [2.24, 2.45) is 0 Å². The van der Waals surface area contributed by atoms with E-state index in [9.17, 15) is 18.0 Å². The highest BCUT2D eigenvalue weighted by molar-refractivity contribution is 8.26. The van der Waals surface area contributed by atoms with Gasteiger partial charge < -0.3 is 5.32 Å². The Morgan fingerprint density at radius 3 is 2.74 bits per heavy atom. The summed E-state index contributed by atoms with van der Waals surface area (Å²) in [5.41, 5.74) is 0.934. The summed E-state index contributed by atoms with van der Waals surface area (Å²) in [6, 6.07) is 9.25. The van der Waals surface area contributed by atoms with Crippen LogP contribution in [0.15, 0.2) is 35.2 Å². The van der Waals surface area contributed by atoms with Crippen molar-refractivity contribution in [1.29, 1.82) is 0 Å². The van der Waals surface area contributed by atoms with E-state index in [-0.39, 0.29) is 35.8 Å². The minimum atomic E-state index is -3.01. The van der Waals surface area contributed by atoms with Gasteiger partial charge in [0, 0.05) is 19.0 Å². The van der Waals surface area contributed by atoms with Crippen LogP contribution in [0.2, 0.25) is 0 Å². The number of rotatable bonds is 6. The number of sulfone groups is 1. The predicted octanol–water partition coefficient (Wildman–Crippen LogP) is 1.97. The molecule has 1 N–H and O–H groups in total. The van der Waals surface area contributed by atoms with Gasteiger partial charge in [0.15, 0.2) is 9.84 Å². The molecule has 1 unspecified atom stereocenters. The van der Waals surface area contributed by atoms with E-state index in [0.717, 1.165) is 5.56 Å². The molecule has 2 aliphatic rings. The molecule has 0 spiro atoms. The van der Waals surface area contributed by atoms with Gasteiger partial charge >= 0.3 is 0 Å². The Morgan fingerprint density at radius 2 is 2.07 bits per heavy atom. The number of nitrogens with zero attached hydrogens (tertiary/aromatic N) is 1. The van der Waals surface area contributed by atoms with Gasteiger partial charge in [-0.05, 0) is 24.5 Å². The average molecular weight is 425 g/mol. The fourth-order valence-electron chi connectivity index (χ4n) is 3.00. The molecule has 0 aromatic heterocycles. The van der Waals surface area contributed by atoms with Crippen molar-refractivity contribution < 1.29 is 18.0 Å². The molecule has 3 rings (SSSR count). The Kier molecular flexibility index (Phi) is 6.33. The second kappa shape index (κ2) is 8.53. The van der Waals surface area contributed by atoms with Gasteiger partial charge in [0.25, 0.3) is 5.91 Å². The van der Waals surface area contributed by atoms with Crippen LogP contribution in [0.5, 0.6) is 0 Å². The zero-order valence-corrected chi connectivity index (χ0v) is 17.0. The van der Waals surface area contributed by atoms with Crippen LogP contribution in [-0.2, 0) is 19.4 Å². The summed E-state index contributed by atoms with van der Waals surface area (Å²) < 4.78 is 23.3. The molecule has 1 atom stereocenters. The molecular weight excluding hydrogens is 404 g/mol. The number of hydrogen-bond donors (Lipinski definition) is 1. The molecule has 2 heterocycles. The van der Waals surface area contributed by atoms with Crippen LogP contribution in [0.25, 0.3) is 6.08 Å². The summed E-state index contributed by atoms with van der Waals surface area (Å²) in [7, 11) is -3.01. The summed E-state index contributed by atoms with van der Waals surface area (Å²) in [4.78, 5) is 26.6. The highest BCUT2D eigenvalue weighted by Gasteiger charge is 2.32. The van der Waals surface area contributed by atoms with Crippen molar-refractivity contribution >= 4 is 56.0 Å². The van der Waals surface area contributed by atoms with Crippen molar-refractivity contribution in [2.75, 3.05) is 18.1 Å². The highest BCUT2D eigenvalue weighted by Crippen LogP contribution is 2.32. The SMILES string of the molecule is O=C(CCCN1C(=O)C(=Cc2ccccc2)SC1=S)NC1CCS(=O)(=O)C1. The van der Waals surface area contributed by atoms with Gasteiger partial charge in [-0.1, -0.05) is 54.3 Å². The van der Waals surface area contributed by atoms with Gasteiger partial charge in [-0.25, -0.2) is 8.42 Å². The first-order chi connectivity index (χ1) is 12.8. The van der Waals surface area contributed by atoms with Crippen molar-refractivity contribution in [3.63, 3.8) is 0 Å². The lowest BCUT2D eigenvalue weighted by molar-refractivity contribution is -0.124. The molecule has 0 radical (unpaired) electrons. The lowest BCUT2D eigenvalue weighted by Gasteiger charge is -2.15. The van der Waals surface area contributed by atoms with E-state index in [2.05, 4.69) is 5.32 Å². The summed E-state index contributed by atoms with van der Waals surface area (Å²) in [5.74, 6) is -0.196.